The van der Waals surface area contributed by atoms with Crippen LogP contribution in [0.2, 0.25) is 0 Å². The van der Waals surface area contributed by atoms with E-state index in [-0.39, 0.29) is 35.3 Å². The Morgan fingerprint density at radius 3 is 2.39 bits per heavy atom. The summed E-state index contributed by atoms with van der Waals surface area (Å²) in [4.78, 5) is 41.1. The third-order valence-electron chi connectivity index (χ3n) is 7.97. The van der Waals surface area contributed by atoms with E-state index in [1.807, 2.05) is 44.4 Å². The van der Waals surface area contributed by atoms with Gasteiger partial charge in [-0.05, 0) is 54.8 Å². The Kier molecular flexibility index (Phi) is 9.39. The number of phenols is 2. The standard InChI is InChI=1S/C32H38N8O4/c1-4-26(35-31(43)30-34-21-40(36-30)20-25-28(41)6-5-7-29(25)42)32(44)37(3)27-18-23(9-8-22(27)2)19-38-14-16-39(17-15-38)24-10-12-33-13-11-24/h5-13,18,21,26,41-42H,4,14-17,19-20H2,1-3H3,(H,35,43)/t26-/m0/s1. The van der Waals surface area contributed by atoms with Crippen molar-refractivity contribution in [1.82, 2.24) is 30.0 Å². The van der Waals surface area contributed by atoms with Gasteiger partial charge < -0.3 is 25.3 Å². The van der Waals surface area contributed by atoms with Crippen LogP contribution in [0.25, 0.3) is 0 Å². The van der Waals surface area contributed by atoms with E-state index in [9.17, 15) is 19.8 Å². The van der Waals surface area contributed by atoms with Crippen LogP contribution in [0.5, 0.6) is 11.5 Å². The van der Waals surface area contributed by atoms with Gasteiger partial charge in [0.1, 0.15) is 23.9 Å². The highest BCUT2D eigenvalue weighted by molar-refractivity contribution is 6.01. The van der Waals surface area contributed by atoms with Crippen molar-refractivity contribution in [2.45, 2.75) is 39.4 Å². The highest BCUT2D eigenvalue weighted by atomic mass is 16.3. The van der Waals surface area contributed by atoms with E-state index >= 15 is 0 Å². The van der Waals surface area contributed by atoms with Crippen molar-refractivity contribution in [3.63, 3.8) is 0 Å². The first-order valence-electron chi connectivity index (χ1n) is 14.7. The zero-order valence-corrected chi connectivity index (χ0v) is 25.2. The quantitative estimate of drug-likeness (QED) is 0.251. The number of carbonyl (C=O) groups is 2. The van der Waals surface area contributed by atoms with Gasteiger partial charge in [-0.1, -0.05) is 25.1 Å². The number of rotatable bonds is 10. The molecule has 0 unspecified atom stereocenters. The fourth-order valence-corrected chi connectivity index (χ4v) is 5.37. The Bertz CT molecular complexity index is 1580. The zero-order valence-electron chi connectivity index (χ0n) is 25.2. The highest BCUT2D eigenvalue weighted by Crippen LogP contribution is 2.27. The zero-order chi connectivity index (χ0) is 31.2. The molecular formula is C32H38N8O4. The number of amides is 2. The maximum atomic E-state index is 13.6. The monoisotopic (exact) mass is 598 g/mol. The molecule has 3 heterocycles. The average Bonchev–Trinajstić information content (AvgIpc) is 3.51. The molecule has 1 fully saturated rings. The fourth-order valence-electron chi connectivity index (χ4n) is 5.37. The van der Waals surface area contributed by atoms with Crippen LogP contribution in [0.15, 0.2) is 67.3 Å². The lowest BCUT2D eigenvalue weighted by Crippen LogP contribution is -2.47. The SMILES string of the molecule is CC[C@H](NC(=O)c1ncn(Cc2c(O)cccc2O)n1)C(=O)N(C)c1cc(CN2CCN(c3ccncc3)CC2)ccc1C. The minimum Gasteiger partial charge on any atom is -0.507 e. The van der Waals surface area contributed by atoms with Gasteiger partial charge in [0.2, 0.25) is 11.7 Å². The third kappa shape index (κ3) is 6.97. The Morgan fingerprint density at radius 1 is 1.00 bits per heavy atom. The number of benzene rings is 2. The average molecular weight is 599 g/mol. The van der Waals surface area contributed by atoms with Crippen LogP contribution in [-0.2, 0) is 17.9 Å². The van der Waals surface area contributed by atoms with Crippen molar-refractivity contribution in [2.24, 2.45) is 0 Å². The minimum absolute atomic E-state index is 0.0215. The van der Waals surface area contributed by atoms with Gasteiger partial charge in [-0.3, -0.25) is 19.5 Å². The summed E-state index contributed by atoms with van der Waals surface area (Å²) in [6, 6.07) is 13.9. The minimum atomic E-state index is -0.786. The van der Waals surface area contributed by atoms with Crippen molar-refractivity contribution in [3.05, 3.63) is 89.8 Å². The number of phenolic OH excluding ortho intramolecular Hbond substituents is 2. The summed E-state index contributed by atoms with van der Waals surface area (Å²) < 4.78 is 1.34. The molecule has 0 radical (unpaired) electrons. The number of nitrogens with zero attached hydrogens (tertiary/aromatic N) is 7. The molecule has 0 spiro atoms. The van der Waals surface area contributed by atoms with Gasteiger partial charge in [-0.15, -0.1) is 5.10 Å². The predicted molar refractivity (Wildman–Crippen MR) is 167 cm³/mol. The molecule has 1 atom stereocenters. The summed E-state index contributed by atoms with van der Waals surface area (Å²) in [5, 5.41) is 27.0. The van der Waals surface area contributed by atoms with E-state index in [1.165, 1.54) is 34.9 Å². The molecule has 230 valence electrons. The largest absolute Gasteiger partial charge is 0.507 e. The number of hydrogen-bond acceptors (Lipinski definition) is 9. The van der Waals surface area contributed by atoms with Gasteiger partial charge in [-0.2, -0.15) is 0 Å². The second kappa shape index (κ2) is 13.6. The molecule has 2 aromatic heterocycles. The number of nitrogens with one attached hydrogen (secondary N) is 1. The maximum Gasteiger partial charge on any atom is 0.291 e. The number of aromatic hydroxyl groups is 2. The van der Waals surface area contributed by atoms with E-state index in [4.69, 9.17) is 0 Å². The topological polar surface area (TPSA) is 140 Å². The molecule has 3 N–H and O–H groups in total. The normalized spacial score (nSPS) is 14.3. The predicted octanol–water partition coefficient (Wildman–Crippen LogP) is 2.93. The molecule has 44 heavy (non-hydrogen) atoms. The van der Waals surface area contributed by atoms with Gasteiger partial charge in [0.15, 0.2) is 0 Å². The second-order valence-corrected chi connectivity index (χ2v) is 11.0. The molecule has 4 aromatic rings. The van der Waals surface area contributed by atoms with Gasteiger partial charge in [0, 0.05) is 63.5 Å². The Labute approximate surface area is 256 Å². The number of likely N-dealkylation sites (N-methyl/N-ethyl adjacent to an activating group) is 1. The first kappa shape index (κ1) is 30.5. The van der Waals surface area contributed by atoms with Crippen LogP contribution >= 0.6 is 0 Å². The summed E-state index contributed by atoms with van der Waals surface area (Å²) in [7, 11) is 1.72. The number of carbonyl (C=O) groups excluding carboxylic acids is 2. The smallest absolute Gasteiger partial charge is 0.291 e. The van der Waals surface area contributed by atoms with Crippen molar-refractivity contribution in [2.75, 3.05) is 43.0 Å². The lowest BCUT2D eigenvalue weighted by atomic mass is 10.1. The maximum absolute atomic E-state index is 13.6. The van der Waals surface area contributed by atoms with Crippen molar-refractivity contribution in [1.29, 1.82) is 0 Å². The first-order valence-corrected chi connectivity index (χ1v) is 14.7. The Hall–Kier alpha value is -4.97. The van der Waals surface area contributed by atoms with Crippen LogP contribution < -0.4 is 15.1 Å². The van der Waals surface area contributed by atoms with E-state index < -0.39 is 11.9 Å². The summed E-state index contributed by atoms with van der Waals surface area (Å²) in [5.74, 6) is -1.12. The Morgan fingerprint density at radius 2 is 1.70 bits per heavy atom. The molecule has 1 aliphatic rings. The summed E-state index contributed by atoms with van der Waals surface area (Å²) in [6.45, 7) is 8.33. The molecule has 2 aromatic carbocycles. The molecule has 2 amide bonds. The molecule has 5 rings (SSSR count). The van der Waals surface area contributed by atoms with Crippen LogP contribution in [0.1, 0.15) is 40.7 Å². The first-order chi connectivity index (χ1) is 21.2. The lowest BCUT2D eigenvalue weighted by molar-refractivity contribution is -0.120. The number of aryl methyl sites for hydroxylation is 1. The number of piperazine rings is 1. The highest BCUT2D eigenvalue weighted by Gasteiger charge is 2.26. The molecule has 1 aliphatic heterocycles. The molecule has 1 saturated heterocycles. The lowest BCUT2D eigenvalue weighted by Gasteiger charge is -2.36. The molecule has 0 bridgehead atoms. The van der Waals surface area contributed by atoms with Crippen LogP contribution in [0.3, 0.4) is 0 Å². The van der Waals surface area contributed by atoms with Gasteiger partial charge in [0.25, 0.3) is 5.91 Å². The summed E-state index contributed by atoms with van der Waals surface area (Å²) in [5.41, 5.74) is 4.32. The molecule has 12 heteroatoms. The molecule has 12 nitrogen and oxygen atoms in total. The third-order valence-corrected chi connectivity index (χ3v) is 7.97. The van der Waals surface area contributed by atoms with Crippen molar-refractivity contribution in [3.8, 4) is 11.5 Å². The van der Waals surface area contributed by atoms with E-state index in [0.29, 0.717) is 6.42 Å². The Balaban J connectivity index is 1.20. The summed E-state index contributed by atoms with van der Waals surface area (Å²) >= 11 is 0. The second-order valence-electron chi connectivity index (χ2n) is 11.0. The molecule has 0 aliphatic carbocycles. The summed E-state index contributed by atoms with van der Waals surface area (Å²) in [6.07, 6.45) is 5.35. The van der Waals surface area contributed by atoms with Crippen LogP contribution in [0, 0.1) is 6.92 Å². The van der Waals surface area contributed by atoms with E-state index in [2.05, 4.69) is 42.3 Å². The van der Waals surface area contributed by atoms with Gasteiger partial charge >= 0.3 is 0 Å². The van der Waals surface area contributed by atoms with Gasteiger partial charge in [0.05, 0.1) is 12.1 Å². The van der Waals surface area contributed by atoms with Crippen molar-refractivity contribution < 1.29 is 19.8 Å². The number of aromatic nitrogens is 4. The number of anilines is 2. The van der Waals surface area contributed by atoms with Crippen LogP contribution in [-0.4, -0.2) is 85.9 Å². The molecule has 0 saturated carbocycles. The fraction of sp³-hybridized carbons (Fsp3) is 0.344. The van der Waals surface area contributed by atoms with Crippen LogP contribution in [0.4, 0.5) is 11.4 Å². The van der Waals surface area contributed by atoms with Crippen molar-refractivity contribution >= 4 is 23.2 Å². The number of pyridine rings is 1. The van der Waals surface area contributed by atoms with Gasteiger partial charge in [-0.25, -0.2) is 9.67 Å². The van der Waals surface area contributed by atoms with E-state index in [1.54, 1.807) is 11.9 Å². The molecular weight excluding hydrogens is 560 g/mol. The van der Waals surface area contributed by atoms with E-state index in [0.717, 1.165) is 49.5 Å². The number of hydrogen-bond donors (Lipinski definition) is 3.